The molecule has 0 unspecified atom stereocenters. The third kappa shape index (κ3) is 1.95. The molecule has 1 aliphatic heterocycles. The van der Waals surface area contributed by atoms with Gasteiger partial charge in [-0.05, 0) is 31.9 Å². The van der Waals surface area contributed by atoms with Gasteiger partial charge in [0.25, 0.3) is 5.91 Å². The first kappa shape index (κ1) is 13.6. The maximum absolute atomic E-state index is 13.1. The van der Waals surface area contributed by atoms with Gasteiger partial charge in [-0.1, -0.05) is 6.07 Å². The first-order chi connectivity index (χ1) is 11.7. The van der Waals surface area contributed by atoms with E-state index in [1.54, 1.807) is 10.6 Å². The van der Waals surface area contributed by atoms with Gasteiger partial charge < -0.3 is 4.90 Å². The van der Waals surface area contributed by atoms with E-state index >= 15 is 0 Å². The Hall–Kier alpha value is -2.77. The van der Waals surface area contributed by atoms with Crippen molar-refractivity contribution in [2.75, 3.05) is 6.54 Å². The molecule has 3 aromatic rings. The predicted octanol–water partition coefficient (Wildman–Crippen LogP) is 1.42. The standard InChI is InChI=1S/C16H17N7O/c1-10-15-19-14(11-5-6-11)20-22(15)8-7-21(10)16(24)12-3-2-4-13-17-9-18-23(12)13/h2-4,9-11H,5-8H2,1H3/t10-/m1/s1. The Labute approximate surface area is 138 Å². The molecule has 1 atom stereocenters. The molecule has 0 bridgehead atoms. The molecular formula is C16H17N7O. The fraction of sp³-hybridized carbons (Fsp3) is 0.438. The number of amides is 1. The Morgan fingerprint density at radius 3 is 2.96 bits per heavy atom. The molecule has 3 aromatic heterocycles. The molecule has 4 heterocycles. The summed E-state index contributed by atoms with van der Waals surface area (Å²) in [6.07, 6.45) is 3.81. The topological polar surface area (TPSA) is 81.2 Å². The fourth-order valence-corrected chi connectivity index (χ4v) is 3.33. The zero-order valence-electron chi connectivity index (χ0n) is 13.3. The van der Waals surface area contributed by atoms with Crippen molar-refractivity contribution in [1.82, 2.24) is 34.3 Å². The molecule has 2 aliphatic rings. The first-order valence-corrected chi connectivity index (χ1v) is 8.27. The van der Waals surface area contributed by atoms with E-state index in [0.717, 1.165) is 11.6 Å². The SMILES string of the molecule is C[C@@H]1c2nc(C3CC3)nn2CCN1C(=O)c1cccc2ncnn12. The van der Waals surface area contributed by atoms with E-state index in [1.165, 1.54) is 19.2 Å². The van der Waals surface area contributed by atoms with Gasteiger partial charge in [-0.2, -0.15) is 10.2 Å². The summed E-state index contributed by atoms with van der Waals surface area (Å²) >= 11 is 0. The van der Waals surface area contributed by atoms with Crippen LogP contribution < -0.4 is 0 Å². The highest BCUT2D eigenvalue weighted by molar-refractivity contribution is 5.93. The quantitative estimate of drug-likeness (QED) is 0.712. The minimum atomic E-state index is -0.106. The van der Waals surface area contributed by atoms with Gasteiger partial charge >= 0.3 is 0 Å². The summed E-state index contributed by atoms with van der Waals surface area (Å²) in [7, 11) is 0. The molecular weight excluding hydrogens is 306 g/mol. The number of hydrogen-bond donors (Lipinski definition) is 0. The zero-order chi connectivity index (χ0) is 16.3. The highest BCUT2D eigenvalue weighted by atomic mass is 16.2. The van der Waals surface area contributed by atoms with Gasteiger partial charge in [-0.3, -0.25) is 4.79 Å². The number of carbonyl (C=O) groups is 1. The maximum atomic E-state index is 13.1. The highest BCUT2D eigenvalue weighted by Crippen LogP contribution is 2.39. The van der Waals surface area contributed by atoms with Gasteiger partial charge in [-0.15, -0.1) is 0 Å². The molecule has 0 aromatic carbocycles. The molecule has 8 nitrogen and oxygen atoms in total. The van der Waals surface area contributed by atoms with Crippen molar-refractivity contribution in [1.29, 1.82) is 0 Å². The van der Waals surface area contributed by atoms with Crippen LogP contribution in [0.15, 0.2) is 24.5 Å². The van der Waals surface area contributed by atoms with E-state index in [-0.39, 0.29) is 11.9 Å². The number of fused-ring (bicyclic) bond motifs is 2. The fourth-order valence-electron chi connectivity index (χ4n) is 3.33. The molecule has 1 saturated carbocycles. The van der Waals surface area contributed by atoms with Crippen LogP contribution in [0.2, 0.25) is 0 Å². The summed E-state index contributed by atoms with van der Waals surface area (Å²) in [6.45, 7) is 3.31. The Kier molecular flexibility index (Phi) is 2.76. The highest BCUT2D eigenvalue weighted by Gasteiger charge is 2.35. The van der Waals surface area contributed by atoms with Crippen molar-refractivity contribution in [2.24, 2.45) is 0 Å². The average Bonchev–Trinajstić information content (AvgIpc) is 3.17. The summed E-state index contributed by atoms with van der Waals surface area (Å²) in [5.74, 6) is 2.27. The van der Waals surface area contributed by atoms with E-state index < -0.39 is 0 Å². The smallest absolute Gasteiger partial charge is 0.273 e. The minimum Gasteiger partial charge on any atom is -0.325 e. The van der Waals surface area contributed by atoms with Crippen molar-refractivity contribution in [3.05, 3.63) is 41.9 Å². The van der Waals surface area contributed by atoms with Gasteiger partial charge in [-0.25, -0.2) is 19.2 Å². The maximum Gasteiger partial charge on any atom is 0.273 e. The molecule has 5 rings (SSSR count). The first-order valence-electron chi connectivity index (χ1n) is 8.27. The van der Waals surface area contributed by atoms with E-state index in [4.69, 9.17) is 4.98 Å². The second kappa shape index (κ2) is 4.86. The van der Waals surface area contributed by atoms with E-state index in [9.17, 15) is 4.79 Å². The lowest BCUT2D eigenvalue weighted by molar-refractivity contribution is 0.0621. The van der Waals surface area contributed by atoms with Crippen LogP contribution in [0.1, 0.15) is 53.9 Å². The van der Waals surface area contributed by atoms with Gasteiger partial charge in [0.15, 0.2) is 11.5 Å². The average molecular weight is 323 g/mol. The van der Waals surface area contributed by atoms with Crippen LogP contribution >= 0.6 is 0 Å². The summed E-state index contributed by atoms with van der Waals surface area (Å²) < 4.78 is 3.54. The number of pyridine rings is 1. The minimum absolute atomic E-state index is 0.0548. The van der Waals surface area contributed by atoms with Crippen molar-refractivity contribution in [3.63, 3.8) is 0 Å². The van der Waals surface area contributed by atoms with Crippen LogP contribution in [0.25, 0.3) is 5.65 Å². The van der Waals surface area contributed by atoms with Crippen molar-refractivity contribution < 1.29 is 4.79 Å². The number of aromatic nitrogens is 6. The third-order valence-corrected chi connectivity index (χ3v) is 4.83. The lowest BCUT2D eigenvalue weighted by atomic mass is 10.2. The predicted molar refractivity (Wildman–Crippen MR) is 84.4 cm³/mol. The van der Waals surface area contributed by atoms with Crippen LogP contribution in [0.4, 0.5) is 0 Å². The van der Waals surface area contributed by atoms with E-state index in [0.29, 0.717) is 30.3 Å². The molecule has 0 spiro atoms. The molecule has 1 amide bonds. The lowest BCUT2D eigenvalue weighted by Gasteiger charge is -2.32. The Morgan fingerprint density at radius 1 is 1.25 bits per heavy atom. The molecule has 0 radical (unpaired) electrons. The number of nitrogens with zero attached hydrogens (tertiary/aromatic N) is 7. The summed E-state index contributed by atoms with van der Waals surface area (Å²) in [5, 5.41) is 8.78. The van der Waals surface area contributed by atoms with Crippen molar-refractivity contribution >= 4 is 11.6 Å². The van der Waals surface area contributed by atoms with Crippen LogP contribution in [0.5, 0.6) is 0 Å². The molecule has 1 aliphatic carbocycles. The Bertz CT molecular complexity index is 939. The summed E-state index contributed by atoms with van der Waals surface area (Å²) in [5.41, 5.74) is 1.19. The normalized spacial score (nSPS) is 20.4. The van der Waals surface area contributed by atoms with Crippen LogP contribution in [0.3, 0.4) is 0 Å². The second-order valence-corrected chi connectivity index (χ2v) is 6.44. The van der Waals surface area contributed by atoms with Gasteiger partial charge in [0, 0.05) is 12.5 Å². The molecule has 1 fully saturated rings. The van der Waals surface area contributed by atoms with Gasteiger partial charge in [0.05, 0.1) is 12.6 Å². The van der Waals surface area contributed by atoms with Gasteiger partial charge in [0.2, 0.25) is 0 Å². The van der Waals surface area contributed by atoms with Crippen LogP contribution in [0, 0.1) is 0 Å². The second-order valence-electron chi connectivity index (χ2n) is 6.44. The van der Waals surface area contributed by atoms with Crippen molar-refractivity contribution in [3.8, 4) is 0 Å². The zero-order valence-corrected chi connectivity index (χ0v) is 13.3. The Morgan fingerprint density at radius 2 is 2.12 bits per heavy atom. The number of hydrogen-bond acceptors (Lipinski definition) is 5. The summed E-state index contributed by atoms with van der Waals surface area (Å²) in [6, 6.07) is 5.35. The lowest BCUT2D eigenvalue weighted by Crippen LogP contribution is -2.42. The van der Waals surface area contributed by atoms with Gasteiger partial charge in [0.1, 0.15) is 17.8 Å². The molecule has 8 heteroatoms. The van der Waals surface area contributed by atoms with E-state index in [1.807, 2.05) is 28.6 Å². The molecule has 0 saturated heterocycles. The molecule has 0 N–H and O–H groups in total. The van der Waals surface area contributed by atoms with Crippen molar-refractivity contribution in [2.45, 2.75) is 38.3 Å². The van der Waals surface area contributed by atoms with Crippen LogP contribution in [-0.2, 0) is 6.54 Å². The summed E-state index contributed by atoms with van der Waals surface area (Å²) in [4.78, 5) is 23.8. The molecule has 122 valence electrons. The number of rotatable bonds is 2. The monoisotopic (exact) mass is 323 g/mol. The Balaban J connectivity index is 1.50. The molecule has 24 heavy (non-hydrogen) atoms. The van der Waals surface area contributed by atoms with E-state index in [2.05, 4.69) is 15.2 Å². The largest absolute Gasteiger partial charge is 0.325 e. The number of carbonyl (C=O) groups excluding carboxylic acids is 1. The third-order valence-electron chi connectivity index (χ3n) is 4.83. The van der Waals surface area contributed by atoms with Crippen LogP contribution in [-0.4, -0.2) is 46.7 Å².